The van der Waals surface area contributed by atoms with Crippen LogP contribution in [0.25, 0.3) is 0 Å². The molecule has 1 aliphatic rings. The largest absolute Gasteiger partial charge is 0.491 e. The van der Waals surface area contributed by atoms with Crippen LogP contribution >= 0.6 is 0 Å². The topological polar surface area (TPSA) is 43.4 Å². The van der Waals surface area contributed by atoms with Gasteiger partial charge in [0.15, 0.2) is 0 Å². The van der Waals surface area contributed by atoms with Gasteiger partial charge in [-0.1, -0.05) is 51.1 Å². The molecule has 0 bridgehead atoms. The quantitative estimate of drug-likeness (QED) is 0.641. The molecule has 0 radical (unpaired) electrons. The molecular weight excluding hydrogens is 348 g/mol. The first-order chi connectivity index (χ1) is 13.5. The van der Waals surface area contributed by atoms with Crippen molar-refractivity contribution in [1.29, 1.82) is 0 Å². The number of pyridine rings is 1. The summed E-state index contributed by atoms with van der Waals surface area (Å²) in [5, 5.41) is 3.49. The van der Waals surface area contributed by atoms with Crippen molar-refractivity contribution < 1.29 is 9.47 Å². The molecule has 2 aromatic rings. The Kier molecular flexibility index (Phi) is 7.46. The Morgan fingerprint density at radius 2 is 1.82 bits per heavy atom. The molecule has 3 rings (SSSR count). The molecule has 1 aromatic carbocycles. The van der Waals surface area contributed by atoms with E-state index in [0.717, 1.165) is 43.1 Å². The molecule has 0 fully saturated rings. The van der Waals surface area contributed by atoms with E-state index in [1.807, 2.05) is 6.07 Å². The summed E-state index contributed by atoms with van der Waals surface area (Å²) in [5.74, 6) is 1.58. The molecule has 1 aromatic heterocycles. The van der Waals surface area contributed by atoms with Crippen LogP contribution in [0, 0.1) is 12.8 Å². The molecule has 4 nitrogen and oxygen atoms in total. The number of ether oxygens (including phenoxy) is 2. The molecule has 0 aliphatic carbocycles. The van der Waals surface area contributed by atoms with Crippen LogP contribution in [0.2, 0.25) is 0 Å². The molecule has 1 atom stereocenters. The normalized spacial score (nSPS) is 14.3. The second-order valence-corrected chi connectivity index (χ2v) is 8.23. The number of nitrogens with one attached hydrogen (secondary N) is 1. The highest BCUT2D eigenvalue weighted by Gasteiger charge is 2.24. The Balaban J connectivity index is 1.62. The summed E-state index contributed by atoms with van der Waals surface area (Å²) in [6.45, 7) is 11.8. The van der Waals surface area contributed by atoms with Crippen LogP contribution in [0.3, 0.4) is 0 Å². The van der Waals surface area contributed by atoms with E-state index in [-0.39, 0.29) is 0 Å². The molecule has 152 valence electrons. The van der Waals surface area contributed by atoms with Crippen LogP contribution in [0.5, 0.6) is 5.75 Å². The first-order valence-electron chi connectivity index (χ1n) is 10.5. The highest BCUT2D eigenvalue weighted by molar-refractivity contribution is 5.47. The number of aryl methyl sites for hydroxylation is 1. The van der Waals surface area contributed by atoms with Crippen molar-refractivity contribution in [2.24, 2.45) is 5.92 Å². The Hall–Kier alpha value is -1.91. The lowest BCUT2D eigenvalue weighted by Gasteiger charge is -2.17. The molecule has 0 saturated heterocycles. The minimum absolute atomic E-state index is 0.550. The molecule has 0 spiro atoms. The molecule has 1 aliphatic heterocycles. The van der Waals surface area contributed by atoms with Gasteiger partial charge < -0.3 is 14.8 Å². The summed E-state index contributed by atoms with van der Waals surface area (Å²) >= 11 is 0. The average molecular weight is 383 g/mol. The van der Waals surface area contributed by atoms with Gasteiger partial charge in [0.25, 0.3) is 0 Å². The molecule has 1 unspecified atom stereocenters. The van der Waals surface area contributed by atoms with Gasteiger partial charge in [-0.3, -0.25) is 4.98 Å². The first kappa shape index (κ1) is 20.8. The SMILES string of the molecule is Cc1nc(Cc2ccccc2)c2c(c1OCCC(C)CCNC(C)C)COC2. The predicted octanol–water partition coefficient (Wildman–Crippen LogP) is 4.80. The van der Waals surface area contributed by atoms with E-state index in [2.05, 4.69) is 57.3 Å². The highest BCUT2D eigenvalue weighted by atomic mass is 16.5. The van der Waals surface area contributed by atoms with Crippen LogP contribution in [-0.2, 0) is 24.4 Å². The maximum absolute atomic E-state index is 6.22. The Labute approximate surface area is 169 Å². The number of fused-ring (bicyclic) bond motifs is 1. The summed E-state index contributed by atoms with van der Waals surface area (Å²) in [6.07, 6.45) is 3.07. The fourth-order valence-corrected chi connectivity index (χ4v) is 3.68. The Morgan fingerprint density at radius 3 is 2.57 bits per heavy atom. The summed E-state index contributed by atoms with van der Waals surface area (Å²) in [7, 11) is 0. The zero-order chi connectivity index (χ0) is 19.9. The van der Waals surface area contributed by atoms with Crippen molar-refractivity contribution in [1.82, 2.24) is 10.3 Å². The van der Waals surface area contributed by atoms with Crippen LogP contribution < -0.4 is 10.1 Å². The third kappa shape index (κ3) is 5.55. The van der Waals surface area contributed by atoms with Crippen LogP contribution in [0.4, 0.5) is 0 Å². The van der Waals surface area contributed by atoms with E-state index < -0.39 is 0 Å². The van der Waals surface area contributed by atoms with E-state index in [4.69, 9.17) is 14.5 Å². The lowest BCUT2D eigenvalue weighted by atomic mass is 10.0. The van der Waals surface area contributed by atoms with E-state index in [9.17, 15) is 0 Å². The molecule has 28 heavy (non-hydrogen) atoms. The standard InChI is InChI=1S/C24H34N2O2/c1-17(2)25-12-10-18(3)11-13-28-24-19(4)26-23(21-15-27-16-22(21)24)14-20-8-6-5-7-9-20/h5-9,17-18,25H,10-16H2,1-4H3. The molecule has 0 saturated carbocycles. The van der Waals surface area contributed by atoms with Crippen molar-refractivity contribution in [3.63, 3.8) is 0 Å². The molecule has 2 heterocycles. The fourth-order valence-electron chi connectivity index (χ4n) is 3.68. The molecule has 1 N–H and O–H groups in total. The van der Waals surface area contributed by atoms with Gasteiger partial charge in [-0.05, 0) is 37.8 Å². The molecule has 4 heteroatoms. The summed E-state index contributed by atoms with van der Waals surface area (Å²) < 4.78 is 12.0. The minimum atomic E-state index is 0.550. The number of hydrogen-bond donors (Lipinski definition) is 1. The van der Waals surface area contributed by atoms with Gasteiger partial charge in [0.2, 0.25) is 0 Å². The van der Waals surface area contributed by atoms with Gasteiger partial charge in [-0.2, -0.15) is 0 Å². The highest BCUT2D eigenvalue weighted by Crippen LogP contribution is 2.34. The average Bonchev–Trinajstić information content (AvgIpc) is 3.15. The Bertz CT molecular complexity index is 759. The minimum Gasteiger partial charge on any atom is -0.491 e. The van der Waals surface area contributed by atoms with Crippen molar-refractivity contribution in [2.75, 3.05) is 13.2 Å². The zero-order valence-electron chi connectivity index (χ0n) is 17.8. The van der Waals surface area contributed by atoms with Crippen LogP contribution in [0.1, 0.15) is 61.7 Å². The number of hydrogen-bond acceptors (Lipinski definition) is 4. The van der Waals surface area contributed by atoms with Crippen LogP contribution in [0.15, 0.2) is 30.3 Å². The number of aromatic nitrogens is 1. The monoisotopic (exact) mass is 382 g/mol. The number of benzene rings is 1. The van der Waals surface area contributed by atoms with Crippen molar-refractivity contribution >= 4 is 0 Å². The maximum atomic E-state index is 6.22. The smallest absolute Gasteiger partial charge is 0.146 e. The Morgan fingerprint density at radius 1 is 1.07 bits per heavy atom. The van der Waals surface area contributed by atoms with Gasteiger partial charge in [0.1, 0.15) is 5.75 Å². The van der Waals surface area contributed by atoms with E-state index >= 15 is 0 Å². The van der Waals surface area contributed by atoms with Gasteiger partial charge in [0.05, 0.1) is 31.2 Å². The third-order valence-electron chi connectivity index (χ3n) is 5.37. The summed E-state index contributed by atoms with van der Waals surface area (Å²) in [6, 6.07) is 11.1. The van der Waals surface area contributed by atoms with Crippen molar-refractivity contribution in [3.8, 4) is 5.75 Å². The van der Waals surface area contributed by atoms with Gasteiger partial charge >= 0.3 is 0 Å². The molecular formula is C24H34N2O2. The third-order valence-corrected chi connectivity index (χ3v) is 5.37. The second-order valence-electron chi connectivity index (χ2n) is 8.23. The number of rotatable bonds is 10. The summed E-state index contributed by atoms with van der Waals surface area (Å²) in [4.78, 5) is 4.89. The second kappa shape index (κ2) is 10.0. The van der Waals surface area contributed by atoms with Crippen molar-refractivity contribution in [3.05, 3.63) is 58.4 Å². The van der Waals surface area contributed by atoms with E-state index in [1.54, 1.807) is 0 Å². The molecule has 0 amide bonds. The van der Waals surface area contributed by atoms with Gasteiger partial charge in [-0.15, -0.1) is 0 Å². The number of nitrogens with zero attached hydrogens (tertiary/aromatic N) is 1. The zero-order valence-corrected chi connectivity index (χ0v) is 17.8. The van der Waals surface area contributed by atoms with Gasteiger partial charge in [0, 0.05) is 23.6 Å². The van der Waals surface area contributed by atoms with Crippen molar-refractivity contribution in [2.45, 2.75) is 66.2 Å². The van der Waals surface area contributed by atoms with Crippen LogP contribution in [-0.4, -0.2) is 24.2 Å². The maximum Gasteiger partial charge on any atom is 0.146 e. The summed E-state index contributed by atoms with van der Waals surface area (Å²) in [5.41, 5.74) is 5.80. The predicted molar refractivity (Wildman–Crippen MR) is 114 cm³/mol. The fraction of sp³-hybridized carbons (Fsp3) is 0.542. The van der Waals surface area contributed by atoms with Gasteiger partial charge in [-0.25, -0.2) is 0 Å². The van der Waals surface area contributed by atoms with E-state index in [0.29, 0.717) is 25.2 Å². The lowest BCUT2D eigenvalue weighted by molar-refractivity contribution is 0.132. The first-order valence-corrected chi connectivity index (χ1v) is 10.5. The lowest BCUT2D eigenvalue weighted by Crippen LogP contribution is -2.25. The van der Waals surface area contributed by atoms with E-state index in [1.165, 1.54) is 23.1 Å².